The highest BCUT2D eigenvalue weighted by Gasteiger charge is 2.44. The van der Waals surface area contributed by atoms with Crippen LogP contribution in [0.25, 0.3) is 0 Å². The number of hydrogen-bond acceptors (Lipinski definition) is 3. The smallest absolute Gasteiger partial charge is 0.314 e. The van der Waals surface area contributed by atoms with E-state index < -0.39 is 17.5 Å². The molecule has 1 aromatic carbocycles. The zero-order valence-corrected chi connectivity index (χ0v) is 17.1. The first-order valence-corrected chi connectivity index (χ1v) is 10.7. The lowest BCUT2D eigenvalue weighted by atomic mass is 9.72. The monoisotopic (exact) mass is 387 g/mol. The van der Waals surface area contributed by atoms with Gasteiger partial charge >= 0.3 is 5.97 Å². The minimum atomic E-state index is -0.903. The molecule has 3 rings (SSSR count). The van der Waals surface area contributed by atoms with Crippen LogP contribution in [0.5, 0.6) is 0 Å². The Morgan fingerprint density at radius 2 is 1.89 bits per heavy atom. The van der Waals surface area contributed by atoms with E-state index in [2.05, 4.69) is 6.92 Å². The van der Waals surface area contributed by atoms with Crippen LogP contribution in [-0.2, 0) is 19.7 Å². The second-order valence-electron chi connectivity index (χ2n) is 8.51. The van der Waals surface area contributed by atoms with E-state index in [-0.39, 0.29) is 12.0 Å². The normalized spacial score (nSPS) is 25.9. The highest BCUT2D eigenvalue weighted by molar-refractivity contribution is 5.84. The fourth-order valence-corrected chi connectivity index (χ4v) is 4.76. The molecule has 1 aliphatic carbocycles. The number of benzene rings is 1. The molecular formula is C23H33NO4. The number of hydrogen-bond donors (Lipinski definition) is 1. The van der Waals surface area contributed by atoms with E-state index in [1.54, 1.807) is 0 Å². The molecule has 3 unspecified atom stereocenters. The van der Waals surface area contributed by atoms with Crippen LogP contribution in [0.2, 0.25) is 0 Å². The maximum atomic E-state index is 13.1. The van der Waals surface area contributed by atoms with E-state index >= 15 is 0 Å². The number of carboxylic acids is 1. The molecule has 1 amide bonds. The number of piperidine rings is 1. The van der Waals surface area contributed by atoms with Gasteiger partial charge in [0.2, 0.25) is 0 Å². The van der Waals surface area contributed by atoms with E-state index in [0.29, 0.717) is 38.3 Å². The molecule has 2 aliphatic rings. The van der Waals surface area contributed by atoms with Gasteiger partial charge in [-0.2, -0.15) is 0 Å². The van der Waals surface area contributed by atoms with Crippen molar-refractivity contribution >= 4 is 11.9 Å². The molecule has 3 atom stereocenters. The number of aliphatic carboxylic acids is 1. The minimum Gasteiger partial charge on any atom is -0.481 e. The summed E-state index contributed by atoms with van der Waals surface area (Å²) >= 11 is 0. The molecule has 1 N–H and O–H groups in total. The van der Waals surface area contributed by atoms with Gasteiger partial charge in [0, 0.05) is 13.1 Å². The van der Waals surface area contributed by atoms with Gasteiger partial charge < -0.3 is 14.7 Å². The quantitative estimate of drug-likeness (QED) is 0.801. The summed E-state index contributed by atoms with van der Waals surface area (Å²) in [5.74, 6) is -0.124. The van der Waals surface area contributed by atoms with Crippen LogP contribution in [0.4, 0.5) is 0 Å². The molecule has 1 aromatic rings. The predicted octanol–water partition coefficient (Wildman–Crippen LogP) is 4.01. The van der Waals surface area contributed by atoms with Crippen LogP contribution < -0.4 is 0 Å². The van der Waals surface area contributed by atoms with E-state index in [1.807, 2.05) is 42.2 Å². The average molecular weight is 388 g/mol. The maximum absolute atomic E-state index is 13.1. The summed E-state index contributed by atoms with van der Waals surface area (Å²) in [4.78, 5) is 27.0. The number of nitrogens with zero attached hydrogens (tertiary/aromatic N) is 1. The lowest BCUT2D eigenvalue weighted by molar-refractivity contribution is -0.155. The van der Waals surface area contributed by atoms with Crippen molar-refractivity contribution in [3.8, 4) is 0 Å². The lowest BCUT2D eigenvalue weighted by Crippen LogP contribution is -2.52. The third kappa shape index (κ3) is 4.40. The Balaban J connectivity index is 1.64. The average Bonchev–Trinajstić information content (AvgIpc) is 2.72. The SMILES string of the molecule is CCC(OC1CCCC(C)C1)C(=O)N1CCC(C(=O)O)(c2ccccc2)CC1. The van der Waals surface area contributed by atoms with E-state index in [4.69, 9.17) is 4.74 Å². The Morgan fingerprint density at radius 3 is 2.46 bits per heavy atom. The molecule has 1 saturated carbocycles. The molecule has 0 radical (unpaired) electrons. The van der Waals surface area contributed by atoms with Crippen LogP contribution in [0, 0.1) is 5.92 Å². The second kappa shape index (κ2) is 9.08. The largest absolute Gasteiger partial charge is 0.481 e. The first-order valence-electron chi connectivity index (χ1n) is 10.7. The molecule has 1 saturated heterocycles. The number of carbonyl (C=O) groups is 2. The molecule has 2 fully saturated rings. The molecule has 0 bridgehead atoms. The zero-order valence-electron chi connectivity index (χ0n) is 17.1. The molecule has 154 valence electrons. The van der Waals surface area contributed by atoms with Crippen molar-refractivity contribution < 1.29 is 19.4 Å². The summed E-state index contributed by atoms with van der Waals surface area (Å²) in [7, 11) is 0. The predicted molar refractivity (Wildman–Crippen MR) is 108 cm³/mol. The molecule has 1 aliphatic heterocycles. The molecule has 0 spiro atoms. The minimum absolute atomic E-state index is 0.0211. The Morgan fingerprint density at radius 1 is 1.21 bits per heavy atom. The van der Waals surface area contributed by atoms with Crippen molar-refractivity contribution in [1.29, 1.82) is 0 Å². The summed E-state index contributed by atoms with van der Waals surface area (Å²) in [6.45, 7) is 5.16. The van der Waals surface area contributed by atoms with E-state index in [1.165, 1.54) is 12.8 Å². The van der Waals surface area contributed by atoms with Crippen molar-refractivity contribution in [1.82, 2.24) is 4.90 Å². The third-order valence-corrected chi connectivity index (χ3v) is 6.56. The molecule has 1 heterocycles. The van der Waals surface area contributed by atoms with Crippen LogP contribution in [0.15, 0.2) is 30.3 Å². The van der Waals surface area contributed by atoms with Crippen LogP contribution in [0.3, 0.4) is 0 Å². The van der Waals surface area contributed by atoms with Crippen molar-refractivity contribution in [3.05, 3.63) is 35.9 Å². The van der Waals surface area contributed by atoms with Crippen LogP contribution >= 0.6 is 0 Å². The third-order valence-electron chi connectivity index (χ3n) is 6.56. The van der Waals surface area contributed by atoms with Gasteiger partial charge in [-0.3, -0.25) is 9.59 Å². The number of carboxylic acid groups (broad SMARTS) is 1. The molecule has 0 aromatic heterocycles. The first kappa shape index (κ1) is 20.8. The Bertz CT molecular complexity index is 666. The first-order chi connectivity index (χ1) is 13.5. The van der Waals surface area contributed by atoms with Gasteiger partial charge in [0.1, 0.15) is 6.10 Å². The van der Waals surface area contributed by atoms with Crippen molar-refractivity contribution in [2.24, 2.45) is 5.92 Å². The zero-order chi connectivity index (χ0) is 20.1. The standard InChI is InChI=1S/C23H33NO4/c1-3-20(28-19-11-7-8-17(2)16-19)21(25)24-14-12-23(13-15-24,22(26)27)18-9-5-4-6-10-18/h4-6,9-10,17,19-20H,3,7-8,11-16H2,1-2H3,(H,26,27). The Hall–Kier alpha value is -1.88. The molecule has 28 heavy (non-hydrogen) atoms. The second-order valence-corrected chi connectivity index (χ2v) is 8.51. The number of likely N-dealkylation sites (tertiary alicyclic amines) is 1. The van der Waals surface area contributed by atoms with Gasteiger partial charge in [-0.05, 0) is 43.6 Å². The lowest BCUT2D eigenvalue weighted by Gasteiger charge is -2.40. The van der Waals surface area contributed by atoms with Crippen LogP contribution in [-0.4, -0.2) is 47.2 Å². The van der Waals surface area contributed by atoms with Crippen molar-refractivity contribution in [2.45, 2.75) is 76.4 Å². The maximum Gasteiger partial charge on any atom is 0.314 e. The Labute approximate surface area is 168 Å². The number of amides is 1. The van der Waals surface area contributed by atoms with Gasteiger partial charge in [0.15, 0.2) is 0 Å². The van der Waals surface area contributed by atoms with E-state index in [0.717, 1.165) is 18.4 Å². The number of carbonyl (C=O) groups excluding carboxylic acids is 1. The van der Waals surface area contributed by atoms with Gasteiger partial charge in [-0.15, -0.1) is 0 Å². The molecule has 5 nitrogen and oxygen atoms in total. The van der Waals surface area contributed by atoms with E-state index in [9.17, 15) is 14.7 Å². The highest BCUT2D eigenvalue weighted by atomic mass is 16.5. The van der Waals surface area contributed by atoms with Gasteiger partial charge in [0.25, 0.3) is 5.91 Å². The number of rotatable bonds is 6. The van der Waals surface area contributed by atoms with Gasteiger partial charge in [0.05, 0.1) is 11.5 Å². The summed E-state index contributed by atoms with van der Waals surface area (Å²) in [6.07, 6.45) is 5.76. The Kier molecular flexibility index (Phi) is 6.76. The molecule has 5 heteroatoms. The van der Waals surface area contributed by atoms with Crippen molar-refractivity contribution in [2.75, 3.05) is 13.1 Å². The topological polar surface area (TPSA) is 66.8 Å². The molecular weight excluding hydrogens is 354 g/mol. The fourth-order valence-electron chi connectivity index (χ4n) is 4.76. The summed E-state index contributed by atoms with van der Waals surface area (Å²) in [5.41, 5.74) is -0.0755. The van der Waals surface area contributed by atoms with Gasteiger partial charge in [-0.25, -0.2) is 0 Å². The highest BCUT2D eigenvalue weighted by Crippen LogP contribution is 2.36. The number of ether oxygens (including phenoxy) is 1. The van der Waals surface area contributed by atoms with Crippen molar-refractivity contribution in [3.63, 3.8) is 0 Å². The summed E-state index contributed by atoms with van der Waals surface area (Å²) in [6, 6.07) is 9.42. The van der Waals surface area contributed by atoms with Gasteiger partial charge in [-0.1, -0.05) is 57.0 Å². The summed E-state index contributed by atoms with van der Waals surface area (Å²) < 4.78 is 6.20. The van der Waals surface area contributed by atoms with Crippen LogP contribution in [0.1, 0.15) is 64.4 Å². The summed E-state index contributed by atoms with van der Waals surface area (Å²) in [5, 5.41) is 9.94. The fraction of sp³-hybridized carbons (Fsp3) is 0.652.